The Morgan fingerprint density at radius 1 is 1.35 bits per heavy atom. The highest BCUT2D eigenvalue weighted by Gasteiger charge is 2.21. The van der Waals surface area contributed by atoms with E-state index in [0.717, 1.165) is 31.1 Å². The van der Waals surface area contributed by atoms with E-state index >= 15 is 0 Å². The second-order valence-corrected chi connectivity index (χ2v) is 7.56. The summed E-state index contributed by atoms with van der Waals surface area (Å²) in [7, 11) is 0. The van der Waals surface area contributed by atoms with E-state index in [1.807, 2.05) is 37.3 Å². The van der Waals surface area contributed by atoms with E-state index in [9.17, 15) is 4.79 Å². The molecule has 0 bridgehead atoms. The summed E-state index contributed by atoms with van der Waals surface area (Å²) in [6, 6.07) is 9.98. The standard InChI is InChI=1S/C20H27ClN4O/c1-15-7-6-11-24(13-15)12-10-22-20(26)18-16(2)23-25(19(18)21)14-17-8-4-3-5-9-17/h3-5,8-9,15H,6-7,10-14H2,1-2H3,(H,22,26). The molecule has 1 aromatic heterocycles. The summed E-state index contributed by atoms with van der Waals surface area (Å²) in [4.78, 5) is 15.0. The van der Waals surface area contributed by atoms with Crippen LogP contribution >= 0.6 is 11.6 Å². The van der Waals surface area contributed by atoms with Crippen molar-refractivity contribution in [2.75, 3.05) is 26.2 Å². The van der Waals surface area contributed by atoms with Gasteiger partial charge in [-0.1, -0.05) is 48.9 Å². The van der Waals surface area contributed by atoms with E-state index in [4.69, 9.17) is 11.6 Å². The van der Waals surface area contributed by atoms with Crippen LogP contribution < -0.4 is 5.32 Å². The van der Waals surface area contributed by atoms with Crippen LogP contribution in [-0.2, 0) is 6.54 Å². The maximum atomic E-state index is 12.6. The second-order valence-electron chi connectivity index (χ2n) is 7.20. The first kappa shape index (κ1) is 18.9. The topological polar surface area (TPSA) is 50.2 Å². The van der Waals surface area contributed by atoms with Crippen LogP contribution in [0.2, 0.25) is 5.15 Å². The number of aromatic nitrogens is 2. The Kier molecular flexibility index (Phi) is 6.33. The van der Waals surface area contributed by atoms with Gasteiger partial charge in [0.15, 0.2) is 0 Å². The molecule has 1 saturated heterocycles. The van der Waals surface area contributed by atoms with Crippen molar-refractivity contribution in [1.29, 1.82) is 0 Å². The van der Waals surface area contributed by atoms with Crippen molar-refractivity contribution in [2.45, 2.75) is 33.2 Å². The van der Waals surface area contributed by atoms with Gasteiger partial charge in [0, 0.05) is 19.6 Å². The van der Waals surface area contributed by atoms with E-state index in [2.05, 4.69) is 22.2 Å². The number of hydrogen-bond acceptors (Lipinski definition) is 3. The number of carbonyl (C=O) groups excluding carboxylic acids is 1. The number of carbonyl (C=O) groups is 1. The van der Waals surface area contributed by atoms with Crippen molar-refractivity contribution in [1.82, 2.24) is 20.0 Å². The number of aryl methyl sites for hydroxylation is 1. The van der Waals surface area contributed by atoms with E-state index < -0.39 is 0 Å². The average molecular weight is 375 g/mol. The molecule has 1 unspecified atom stereocenters. The van der Waals surface area contributed by atoms with Gasteiger partial charge in [-0.3, -0.25) is 4.79 Å². The van der Waals surface area contributed by atoms with Crippen LogP contribution in [0.25, 0.3) is 0 Å². The summed E-state index contributed by atoms with van der Waals surface area (Å²) in [5.41, 5.74) is 2.24. The van der Waals surface area contributed by atoms with Crippen LogP contribution in [-0.4, -0.2) is 46.8 Å². The fourth-order valence-corrected chi connectivity index (χ4v) is 3.90. The van der Waals surface area contributed by atoms with Gasteiger partial charge in [0.1, 0.15) is 5.15 Å². The molecule has 0 radical (unpaired) electrons. The number of nitrogens with zero attached hydrogens (tertiary/aromatic N) is 3. The van der Waals surface area contributed by atoms with Crippen molar-refractivity contribution in [2.24, 2.45) is 5.92 Å². The monoisotopic (exact) mass is 374 g/mol. The number of benzene rings is 1. The molecule has 1 atom stereocenters. The highest BCUT2D eigenvalue weighted by Crippen LogP contribution is 2.21. The Bertz CT molecular complexity index is 744. The minimum absolute atomic E-state index is 0.142. The van der Waals surface area contributed by atoms with Gasteiger partial charge >= 0.3 is 0 Å². The van der Waals surface area contributed by atoms with E-state index in [1.165, 1.54) is 12.8 Å². The van der Waals surface area contributed by atoms with Gasteiger partial charge in [0.2, 0.25) is 0 Å². The summed E-state index contributed by atoms with van der Waals surface area (Å²) in [5, 5.41) is 7.85. The highest BCUT2D eigenvalue weighted by molar-refractivity contribution is 6.33. The van der Waals surface area contributed by atoms with Crippen molar-refractivity contribution < 1.29 is 4.79 Å². The quantitative estimate of drug-likeness (QED) is 0.843. The first-order valence-corrected chi connectivity index (χ1v) is 9.69. The molecule has 3 rings (SSSR count). The Morgan fingerprint density at radius 2 is 2.12 bits per heavy atom. The van der Waals surface area contributed by atoms with Gasteiger partial charge in [0.05, 0.1) is 17.8 Å². The molecule has 1 amide bonds. The van der Waals surface area contributed by atoms with Gasteiger partial charge in [-0.15, -0.1) is 0 Å². The van der Waals surface area contributed by atoms with Gasteiger partial charge in [-0.25, -0.2) is 4.68 Å². The average Bonchev–Trinajstić information content (AvgIpc) is 2.89. The van der Waals surface area contributed by atoms with Crippen LogP contribution in [0.3, 0.4) is 0 Å². The molecule has 0 spiro atoms. The molecule has 5 nitrogen and oxygen atoms in total. The largest absolute Gasteiger partial charge is 0.351 e. The maximum absolute atomic E-state index is 12.6. The van der Waals surface area contributed by atoms with Crippen molar-refractivity contribution in [3.05, 3.63) is 52.3 Å². The summed E-state index contributed by atoms with van der Waals surface area (Å²) in [5.74, 6) is 0.601. The number of rotatable bonds is 6. The van der Waals surface area contributed by atoms with Gasteiger partial charge in [-0.05, 0) is 37.8 Å². The van der Waals surface area contributed by atoms with Crippen LogP contribution in [0.1, 0.15) is 41.4 Å². The molecule has 1 aliphatic heterocycles. The lowest BCUT2D eigenvalue weighted by Crippen LogP contribution is -2.40. The summed E-state index contributed by atoms with van der Waals surface area (Å²) >= 11 is 6.45. The Hall–Kier alpha value is -1.85. The van der Waals surface area contributed by atoms with Gasteiger partial charge in [0.25, 0.3) is 5.91 Å². The van der Waals surface area contributed by atoms with Crippen molar-refractivity contribution in [3.8, 4) is 0 Å². The molecule has 1 fully saturated rings. The first-order valence-electron chi connectivity index (χ1n) is 9.32. The predicted molar refractivity (Wildman–Crippen MR) is 105 cm³/mol. The smallest absolute Gasteiger partial charge is 0.256 e. The Balaban J connectivity index is 1.58. The SMILES string of the molecule is Cc1nn(Cc2ccccc2)c(Cl)c1C(=O)NCCN1CCCC(C)C1. The van der Waals surface area contributed by atoms with Gasteiger partial charge < -0.3 is 10.2 Å². The molecule has 140 valence electrons. The van der Waals surface area contributed by atoms with Crippen LogP contribution in [0, 0.1) is 12.8 Å². The lowest BCUT2D eigenvalue weighted by molar-refractivity contribution is 0.0943. The minimum Gasteiger partial charge on any atom is -0.351 e. The molecule has 1 aliphatic rings. The van der Waals surface area contributed by atoms with Crippen LogP contribution in [0.4, 0.5) is 0 Å². The third-order valence-corrected chi connectivity index (χ3v) is 5.31. The molecular weight excluding hydrogens is 348 g/mol. The molecule has 0 aliphatic carbocycles. The summed E-state index contributed by atoms with van der Waals surface area (Å²) in [6.45, 7) is 8.42. The zero-order valence-corrected chi connectivity index (χ0v) is 16.3. The number of likely N-dealkylation sites (tertiary alicyclic amines) is 1. The van der Waals surface area contributed by atoms with Crippen molar-refractivity contribution in [3.63, 3.8) is 0 Å². The fourth-order valence-electron chi connectivity index (χ4n) is 3.58. The lowest BCUT2D eigenvalue weighted by atomic mass is 10.0. The number of halogens is 1. The molecule has 26 heavy (non-hydrogen) atoms. The number of hydrogen-bond donors (Lipinski definition) is 1. The zero-order chi connectivity index (χ0) is 18.5. The van der Waals surface area contributed by atoms with Crippen LogP contribution in [0.15, 0.2) is 30.3 Å². The molecule has 1 N–H and O–H groups in total. The van der Waals surface area contributed by atoms with Crippen molar-refractivity contribution >= 4 is 17.5 Å². The minimum atomic E-state index is -0.142. The second kappa shape index (κ2) is 8.69. The molecular formula is C20H27ClN4O. The van der Waals surface area contributed by atoms with Gasteiger partial charge in [-0.2, -0.15) is 5.10 Å². The summed E-state index contributed by atoms with van der Waals surface area (Å²) < 4.78 is 1.69. The number of nitrogens with one attached hydrogen (secondary N) is 1. The molecule has 2 heterocycles. The molecule has 2 aromatic rings. The fraction of sp³-hybridized carbons (Fsp3) is 0.500. The zero-order valence-electron chi connectivity index (χ0n) is 15.5. The lowest BCUT2D eigenvalue weighted by Gasteiger charge is -2.30. The van der Waals surface area contributed by atoms with E-state index in [1.54, 1.807) is 4.68 Å². The first-order chi connectivity index (χ1) is 12.5. The summed E-state index contributed by atoms with van der Waals surface area (Å²) in [6.07, 6.45) is 2.55. The normalized spacial score (nSPS) is 18.0. The maximum Gasteiger partial charge on any atom is 0.256 e. The molecule has 6 heteroatoms. The predicted octanol–water partition coefficient (Wildman–Crippen LogP) is 3.35. The Morgan fingerprint density at radius 3 is 2.85 bits per heavy atom. The third-order valence-electron chi connectivity index (χ3n) is 4.92. The highest BCUT2D eigenvalue weighted by atomic mass is 35.5. The third kappa shape index (κ3) is 4.65. The molecule has 0 saturated carbocycles. The van der Waals surface area contributed by atoms with E-state index in [0.29, 0.717) is 29.5 Å². The Labute approximate surface area is 160 Å². The number of amides is 1. The van der Waals surface area contributed by atoms with Crippen LogP contribution in [0.5, 0.6) is 0 Å². The number of piperidine rings is 1. The molecule has 1 aromatic carbocycles. The van der Waals surface area contributed by atoms with E-state index in [-0.39, 0.29) is 5.91 Å².